The van der Waals surface area contributed by atoms with Crippen molar-refractivity contribution in [3.05, 3.63) is 67.1 Å². The fourth-order valence-electron chi connectivity index (χ4n) is 1.45. The number of benzene rings is 2. The molecule has 63 valence electrons. The van der Waals surface area contributed by atoms with E-state index < -0.39 is 0 Å². The molecule has 0 heteroatoms. The summed E-state index contributed by atoms with van der Waals surface area (Å²) in [6.07, 6.45) is 3.82. The Balaban J connectivity index is 2.55. The van der Waals surface area contributed by atoms with Crippen molar-refractivity contribution in [2.45, 2.75) is 0 Å². The molecule has 0 heterocycles. The van der Waals surface area contributed by atoms with E-state index in [4.69, 9.17) is 0 Å². The number of allylic oxidation sites excluding steroid dienone is 1. The average Bonchev–Trinajstić information content (AvgIpc) is 2.18. The lowest BCUT2D eigenvalue weighted by atomic mass is 10.1. The van der Waals surface area contributed by atoms with Crippen LogP contribution in [0.15, 0.2) is 55.1 Å². The fourth-order valence-corrected chi connectivity index (χ4v) is 1.45. The molecule has 13 heavy (non-hydrogen) atoms. The van der Waals surface area contributed by atoms with Crippen molar-refractivity contribution in [3.8, 4) is 0 Å². The Morgan fingerprint density at radius 1 is 0.923 bits per heavy atom. The van der Waals surface area contributed by atoms with Gasteiger partial charge in [-0.2, -0.15) is 0 Å². The molecule has 2 rings (SSSR count). The molecule has 0 fully saturated rings. The summed E-state index contributed by atoms with van der Waals surface area (Å²) in [7, 11) is 0. The molecule has 0 spiro atoms. The molecule has 0 saturated heterocycles. The zero-order valence-electron chi connectivity index (χ0n) is 7.40. The van der Waals surface area contributed by atoms with Crippen LogP contribution in [0, 0.1) is 6.42 Å². The molecule has 0 nitrogen and oxygen atoms in total. The Morgan fingerprint density at radius 3 is 2.46 bits per heavy atom. The van der Waals surface area contributed by atoms with Crippen LogP contribution in [-0.4, -0.2) is 0 Å². The zero-order chi connectivity index (χ0) is 9.10. The molecule has 0 unspecified atom stereocenters. The highest BCUT2D eigenvalue weighted by Gasteiger charge is 1.93. The summed E-state index contributed by atoms with van der Waals surface area (Å²) in [4.78, 5) is 0. The summed E-state index contributed by atoms with van der Waals surface area (Å²) < 4.78 is 0. The Bertz CT molecular complexity index is 427. The molecule has 0 aliphatic carbocycles. The van der Waals surface area contributed by atoms with Crippen LogP contribution < -0.4 is 0 Å². The lowest BCUT2D eigenvalue weighted by Gasteiger charge is -1.99. The number of rotatable bonds is 2. The van der Waals surface area contributed by atoms with E-state index in [0.717, 1.165) is 0 Å². The zero-order valence-corrected chi connectivity index (χ0v) is 7.40. The molecule has 0 aliphatic heterocycles. The van der Waals surface area contributed by atoms with Crippen molar-refractivity contribution in [3.63, 3.8) is 0 Å². The van der Waals surface area contributed by atoms with Crippen molar-refractivity contribution in [1.82, 2.24) is 0 Å². The van der Waals surface area contributed by atoms with Crippen molar-refractivity contribution < 1.29 is 0 Å². The van der Waals surface area contributed by atoms with E-state index in [0.29, 0.717) is 0 Å². The van der Waals surface area contributed by atoms with Crippen LogP contribution in [0.1, 0.15) is 5.56 Å². The van der Waals surface area contributed by atoms with E-state index in [2.05, 4.69) is 49.0 Å². The summed E-state index contributed by atoms with van der Waals surface area (Å²) in [5, 5.41) is 2.56. The third-order valence-corrected chi connectivity index (χ3v) is 2.08. The molecule has 0 N–H and O–H groups in total. The minimum atomic E-state index is 1.20. The van der Waals surface area contributed by atoms with Crippen molar-refractivity contribution in [2.24, 2.45) is 0 Å². The molecule has 0 aliphatic rings. The van der Waals surface area contributed by atoms with Gasteiger partial charge in [-0.05, 0) is 16.3 Å². The predicted molar refractivity (Wildman–Crippen MR) is 57.5 cm³/mol. The van der Waals surface area contributed by atoms with Crippen LogP contribution in [0.4, 0.5) is 0 Å². The van der Waals surface area contributed by atoms with Crippen molar-refractivity contribution >= 4 is 10.8 Å². The molecule has 2 aromatic rings. The maximum Gasteiger partial charge on any atom is 0.0119 e. The van der Waals surface area contributed by atoms with Gasteiger partial charge < -0.3 is 0 Å². The summed E-state index contributed by atoms with van der Waals surface area (Å²) in [6.45, 7) is 3.68. The van der Waals surface area contributed by atoms with Gasteiger partial charge in [0, 0.05) is 6.42 Å². The maximum absolute atomic E-state index is 3.68. The highest BCUT2D eigenvalue weighted by molar-refractivity contribution is 5.83. The van der Waals surface area contributed by atoms with E-state index in [1.54, 1.807) is 0 Å². The third-order valence-electron chi connectivity index (χ3n) is 2.08. The van der Waals surface area contributed by atoms with Gasteiger partial charge in [-0.1, -0.05) is 48.5 Å². The normalized spacial score (nSPS) is 10.2. The smallest absolute Gasteiger partial charge is 0.0119 e. The lowest BCUT2D eigenvalue weighted by molar-refractivity contribution is 1.56. The largest absolute Gasteiger partial charge is 0.102 e. The summed E-state index contributed by atoms with van der Waals surface area (Å²) in [5.74, 6) is 0. The van der Waals surface area contributed by atoms with E-state index in [1.807, 2.05) is 12.5 Å². The highest BCUT2D eigenvalue weighted by atomic mass is 14.0. The van der Waals surface area contributed by atoms with Gasteiger partial charge in [-0.15, -0.1) is 6.58 Å². The van der Waals surface area contributed by atoms with Gasteiger partial charge in [0.25, 0.3) is 0 Å². The predicted octanol–water partition coefficient (Wildman–Crippen LogP) is 3.58. The van der Waals surface area contributed by atoms with E-state index >= 15 is 0 Å². The van der Waals surface area contributed by atoms with Crippen LogP contribution in [-0.2, 0) is 0 Å². The first kappa shape index (κ1) is 8.06. The number of fused-ring (bicyclic) bond motifs is 1. The second kappa shape index (κ2) is 3.44. The van der Waals surface area contributed by atoms with Gasteiger partial charge in [-0.3, -0.25) is 0 Å². The summed E-state index contributed by atoms with van der Waals surface area (Å²) >= 11 is 0. The quantitative estimate of drug-likeness (QED) is 0.641. The summed E-state index contributed by atoms with van der Waals surface area (Å²) in [5.41, 5.74) is 1.20. The molecule has 0 atom stereocenters. The fraction of sp³-hybridized carbons (Fsp3) is 0. The van der Waals surface area contributed by atoms with Crippen LogP contribution in [0.5, 0.6) is 0 Å². The van der Waals surface area contributed by atoms with Gasteiger partial charge in [0.15, 0.2) is 0 Å². The molecule has 2 aromatic carbocycles. The average molecular weight is 167 g/mol. The van der Waals surface area contributed by atoms with Gasteiger partial charge >= 0.3 is 0 Å². The van der Waals surface area contributed by atoms with Crippen LogP contribution in [0.2, 0.25) is 0 Å². The van der Waals surface area contributed by atoms with Crippen molar-refractivity contribution in [2.75, 3.05) is 0 Å². The van der Waals surface area contributed by atoms with Gasteiger partial charge in [0.1, 0.15) is 0 Å². The molecular formula is C13H11. The van der Waals surface area contributed by atoms with Crippen LogP contribution >= 0.6 is 0 Å². The molecular weight excluding hydrogens is 156 g/mol. The van der Waals surface area contributed by atoms with Crippen molar-refractivity contribution in [1.29, 1.82) is 0 Å². The Morgan fingerprint density at radius 2 is 1.69 bits per heavy atom. The van der Waals surface area contributed by atoms with Gasteiger partial charge in [-0.25, -0.2) is 0 Å². The topological polar surface area (TPSA) is 0 Å². The minimum absolute atomic E-state index is 1.20. The SMILES string of the molecule is C=C[CH]c1ccc2ccccc2c1. The third kappa shape index (κ3) is 1.62. The molecule has 1 radical (unpaired) electrons. The molecule has 0 saturated carbocycles. The first-order valence-electron chi connectivity index (χ1n) is 4.35. The Hall–Kier alpha value is -1.56. The van der Waals surface area contributed by atoms with E-state index in [1.165, 1.54) is 16.3 Å². The highest BCUT2D eigenvalue weighted by Crippen LogP contribution is 2.16. The Labute approximate surface area is 78.5 Å². The molecule has 0 amide bonds. The van der Waals surface area contributed by atoms with Gasteiger partial charge in [0.2, 0.25) is 0 Å². The summed E-state index contributed by atoms with van der Waals surface area (Å²) in [6, 6.07) is 14.7. The minimum Gasteiger partial charge on any atom is -0.102 e. The standard InChI is InChI=1S/C13H11/c1-2-5-11-8-9-12-6-3-4-7-13(12)10-11/h2-10H,1H2. The second-order valence-electron chi connectivity index (χ2n) is 3.01. The number of hydrogen-bond acceptors (Lipinski definition) is 0. The number of hydrogen-bond donors (Lipinski definition) is 0. The Kier molecular flexibility index (Phi) is 2.13. The molecule has 0 bridgehead atoms. The van der Waals surface area contributed by atoms with E-state index in [-0.39, 0.29) is 0 Å². The van der Waals surface area contributed by atoms with Gasteiger partial charge in [0.05, 0.1) is 0 Å². The van der Waals surface area contributed by atoms with Crippen LogP contribution in [0.3, 0.4) is 0 Å². The monoisotopic (exact) mass is 167 g/mol. The first-order chi connectivity index (χ1) is 6.40. The maximum atomic E-state index is 3.68. The molecule has 0 aromatic heterocycles. The van der Waals surface area contributed by atoms with Crippen LogP contribution in [0.25, 0.3) is 10.8 Å². The first-order valence-corrected chi connectivity index (χ1v) is 4.35. The van der Waals surface area contributed by atoms with E-state index in [9.17, 15) is 0 Å². The second-order valence-corrected chi connectivity index (χ2v) is 3.01. The lowest BCUT2D eigenvalue weighted by Crippen LogP contribution is -1.78.